The van der Waals surface area contributed by atoms with Crippen LogP contribution in [0.1, 0.15) is 32.6 Å². The number of rotatable bonds is 9. The standard InChI is InChI=1S/C31H30N6O4/c1-19-7-4-8-20(2)27(19)34-30-28(23-12-13-26(41-3)25(16-23)37(39)40)35-29-24(11-6-14-36(29)30)31(38)33-18-22-10-5-9-21(15-22)17-32/h4-16,34H,17-18,32H2,1-3H3,(H,33,38). The molecule has 0 aliphatic carbocycles. The summed E-state index contributed by atoms with van der Waals surface area (Å²) in [7, 11) is 1.39. The summed E-state index contributed by atoms with van der Waals surface area (Å²) in [4.78, 5) is 29.6. The van der Waals surface area contributed by atoms with Crippen molar-refractivity contribution in [3.05, 3.63) is 117 Å². The monoisotopic (exact) mass is 550 g/mol. The van der Waals surface area contributed by atoms with Crippen LogP contribution in [0, 0.1) is 24.0 Å². The molecule has 2 heterocycles. The van der Waals surface area contributed by atoms with E-state index in [9.17, 15) is 14.9 Å². The summed E-state index contributed by atoms with van der Waals surface area (Å²) in [6, 6.07) is 21.9. The molecule has 0 unspecified atom stereocenters. The van der Waals surface area contributed by atoms with Gasteiger partial charge in [-0.3, -0.25) is 19.3 Å². The van der Waals surface area contributed by atoms with Crippen LogP contribution >= 0.6 is 0 Å². The van der Waals surface area contributed by atoms with Crippen molar-refractivity contribution in [2.75, 3.05) is 12.4 Å². The van der Waals surface area contributed by atoms with E-state index in [0.29, 0.717) is 41.4 Å². The Morgan fingerprint density at radius 3 is 2.46 bits per heavy atom. The fourth-order valence-electron chi connectivity index (χ4n) is 4.82. The van der Waals surface area contributed by atoms with Gasteiger partial charge in [0.05, 0.1) is 17.6 Å². The van der Waals surface area contributed by atoms with E-state index in [2.05, 4.69) is 10.6 Å². The summed E-state index contributed by atoms with van der Waals surface area (Å²) in [6.07, 6.45) is 1.81. The van der Waals surface area contributed by atoms with E-state index in [1.165, 1.54) is 13.2 Å². The number of imidazole rings is 1. The maximum atomic E-state index is 13.4. The molecule has 41 heavy (non-hydrogen) atoms. The Morgan fingerprint density at radius 2 is 1.76 bits per heavy atom. The Kier molecular flexibility index (Phi) is 7.66. The molecular formula is C31H30N6O4. The summed E-state index contributed by atoms with van der Waals surface area (Å²) in [5, 5.41) is 18.3. The molecule has 0 spiro atoms. The van der Waals surface area contributed by atoms with Gasteiger partial charge in [-0.05, 0) is 60.4 Å². The lowest BCUT2D eigenvalue weighted by molar-refractivity contribution is -0.385. The van der Waals surface area contributed by atoms with Crippen molar-refractivity contribution in [1.29, 1.82) is 0 Å². The van der Waals surface area contributed by atoms with Crippen LogP contribution in [-0.2, 0) is 13.1 Å². The molecule has 3 aromatic carbocycles. The lowest BCUT2D eigenvalue weighted by Crippen LogP contribution is -2.23. The Balaban J connectivity index is 1.62. The number of benzene rings is 3. The number of carbonyl (C=O) groups is 1. The van der Waals surface area contributed by atoms with Crippen LogP contribution in [0.4, 0.5) is 17.2 Å². The molecule has 0 aliphatic heterocycles. The summed E-state index contributed by atoms with van der Waals surface area (Å²) < 4.78 is 6.99. The number of methoxy groups -OCH3 is 1. The quantitative estimate of drug-likeness (QED) is 0.159. The first-order valence-electron chi connectivity index (χ1n) is 13.0. The van der Waals surface area contributed by atoms with Crippen molar-refractivity contribution in [1.82, 2.24) is 14.7 Å². The Bertz CT molecular complexity index is 1760. The first kappa shape index (κ1) is 27.4. The van der Waals surface area contributed by atoms with Crippen molar-refractivity contribution in [2.45, 2.75) is 26.9 Å². The van der Waals surface area contributed by atoms with Gasteiger partial charge in [-0.2, -0.15) is 0 Å². The number of ether oxygens (including phenoxy) is 1. The zero-order chi connectivity index (χ0) is 29.1. The van der Waals surface area contributed by atoms with Crippen molar-refractivity contribution in [3.63, 3.8) is 0 Å². The summed E-state index contributed by atoms with van der Waals surface area (Å²) in [5.41, 5.74) is 12.1. The maximum Gasteiger partial charge on any atom is 0.311 e. The lowest BCUT2D eigenvalue weighted by atomic mass is 10.1. The molecule has 0 fully saturated rings. The third-order valence-corrected chi connectivity index (χ3v) is 6.95. The highest BCUT2D eigenvalue weighted by Crippen LogP contribution is 2.38. The average molecular weight is 551 g/mol. The normalized spacial score (nSPS) is 10.9. The topological polar surface area (TPSA) is 137 Å². The van der Waals surface area contributed by atoms with Gasteiger partial charge < -0.3 is 21.1 Å². The minimum Gasteiger partial charge on any atom is -0.490 e. The van der Waals surface area contributed by atoms with Gasteiger partial charge in [-0.1, -0.05) is 42.5 Å². The third-order valence-electron chi connectivity index (χ3n) is 6.95. The molecule has 0 aliphatic rings. The van der Waals surface area contributed by atoms with Crippen molar-refractivity contribution in [3.8, 4) is 17.0 Å². The van der Waals surface area contributed by atoms with Crippen LogP contribution in [0.25, 0.3) is 16.9 Å². The predicted molar refractivity (Wildman–Crippen MR) is 159 cm³/mol. The number of fused-ring (bicyclic) bond motifs is 1. The minimum atomic E-state index is -0.491. The number of anilines is 2. The molecule has 5 aromatic rings. The highest BCUT2D eigenvalue weighted by molar-refractivity contribution is 6.01. The Morgan fingerprint density at radius 1 is 1.02 bits per heavy atom. The van der Waals surface area contributed by atoms with Crippen LogP contribution in [0.15, 0.2) is 79.0 Å². The number of nitro benzene ring substituents is 1. The predicted octanol–water partition coefficient (Wildman–Crippen LogP) is 5.67. The largest absolute Gasteiger partial charge is 0.490 e. The van der Waals surface area contributed by atoms with Crippen LogP contribution in [0.5, 0.6) is 5.75 Å². The summed E-state index contributed by atoms with van der Waals surface area (Å²) in [5.74, 6) is 0.414. The molecule has 0 radical (unpaired) electrons. The van der Waals surface area contributed by atoms with Crippen molar-refractivity contribution in [2.24, 2.45) is 5.73 Å². The van der Waals surface area contributed by atoms with Gasteiger partial charge in [0.25, 0.3) is 5.91 Å². The number of hydrogen-bond donors (Lipinski definition) is 3. The van der Waals surface area contributed by atoms with Crippen LogP contribution in [0.2, 0.25) is 0 Å². The number of amides is 1. The summed E-state index contributed by atoms with van der Waals surface area (Å²) in [6.45, 7) is 4.72. The van der Waals surface area contributed by atoms with Crippen LogP contribution in [-0.4, -0.2) is 27.3 Å². The number of aromatic nitrogens is 2. The van der Waals surface area contributed by atoms with Gasteiger partial charge in [0, 0.05) is 36.6 Å². The molecule has 0 saturated carbocycles. The number of pyridine rings is 1. The molecule has 0 saturated heterocycles. The van der Waals surface area contributed by atoms with E-state index < -0.39 is 4.92 Å². The number of nitro groups is 1. The molecule has 10 heteroatoms. The second kappa shape index (κ2) is 11.5. The zero-order valence-corrected chi connectivity index (χ0v) is 23.0. The minimum absolute atomic E-state index is 0.144. The average Bonchev–Trinajstić information content (AvgIpc) is 3.35. The number of aryl methyl sites for hydroxylation is 2. The van der Waals surface area contributed by atoms with E-state index in [-0.39, 0.29) is 17.3 Å². The third kappa shape index (κ3) is 5.45. The number of nitrogens with two attached hydrogens (primary N) is 1. The first-order valence-corrected chi connectivity index (χ1v) is 13.0. The molecule has 2 aromatic heterocycles. The molecule has 208 valence electrons. The Hall–Kier alpha value is -5.22. The zero-order valence-electron chi connectivity index (χ0n) is 23.0. The van der Waals surface area contributed by atoms with Gasteiger partial charge in [0.2, 0.25) is 0 Å². The smallest absolute Gasteiger partial charge is 0.311 e. The molecule has 5 rings (SSSR count). The molecule has 1 amide bonds. The van der Waals surface area contributed by atoms with Crippen LogP contribution in [0.3, 0.4) is 0 Å². The molecule has 0 bridgehead atoms. The lowest BCUT2D eigenvalue weighted by Gasteiger charge is -2.14. The fourth-order valence-corrected chi connectivity index (χ4v) is 4.82. The number of para-hydroxylation sites is 1. The van der Waals surface area contributed by atoms with E-state index in [4.69, 9.17) is 15.5 Å². The Labute approximate surface area is 236 Å². The van der Waals surface area contributed by atoms with E-state index >= 15 is 0 Å². The van der Waals surface area contributed by atoms with Gasteiger partial charge in [-0.15, -0.1) is 0 Å². The second-order valence-corrected chi connectivity index (χ2v) is 9.67. The number of hydrogen-bond acceptors (Lipinski definition) is 7. The molecular weight excluding hydrogens is 520 g/mol. The fraction of sp³-hybridized carbons (Fsp3) is 0.161. The highest BCUT2D eigenvalue weighted by atomic mass is 16.6. The van der Waals surface area contributed by atoms with Crippen molar-refractivity contribution >= 4 is 28.7 Å². The maximum absolute atomic E-state index is 13.4. The summed E-state index contributed by atoms with van der Waals surface area (Å²) >= 11 is 0. The van der Waals surface area contributed by atoms with Gasteiger partial charge in [0.15, 0.2) is 11.4 Å². The number of nitrogens with one attached hydrogen (secondary N) is 2. The van der Waals surface area contributed by atoms with E-state index in [0.717, 1.165) is 27.9 Å². The van der Waals surface area contributed by atoms with E-state index in [1.807, 2.05) is 56.3 Å². The molecule has 10 nitrogen and oxygen atoms in total. The number of carbonyl (C=O) groups excluding carboxylic acids is 1. The number of nitrogens with zero attached hydrogens (tertiary/aromatic N) is 3. The highest BCUT2D eigenvalue weighted by Gasteiger charge is 2.23. The van der Waals surface area contributed by atoms with Gasteiger partial charge >= 0.3 is 5.69 Å². The molecule has 4 N–H and O–H groups in total. The second-order valence-electron chi connectivity index (χ2n) is 9.67. The van der Waals surface area contributed by atoms with Gasteiger partial charge in [-0.25, -0.2) is 4.98 Å². The van der Waals surface area contributed by atoms with Crippen LogP contribution < -0.4 is 21.1 Å². The van der Waals surface area contributed by atoms with Crippen molar-refractivity contribution < 1.29 is 14.5 Å². The van der Waals surface area contributed by atoms with E-state index in [1.54, 1.807) is 34.9 Å². The SMILES string of the molecule is COc1ccc(-c2nc3c(C(=O)NCc4cccc(CN)c4)cccn3c2Nc2c(C)cccc2C)cc1[N+](=O)[O-]. The first-order chi connectivity index (χ1) is 19.8. The molecule has 0 atom stereocenters. The van der Waals surface area contributed by atoms with Gasteiger partial charge in [0.1, 0.15) is 11.5 Å².